The van der Waals surface area contributed by atoms with Gasteiger partial charge in [0.1, 0.15) is 17.3 Å². The van der Waals surface area contributed by atoms with Crippen LogP contribution in [0, 0.1) is 5.92 Å². The number of hydrogen-bond acceptors (Lipinski definition) is 5. The molecule has 3 rings (SSSR count). The molecule has 0 unspecified atom stereocenters. The van der Waals surface area contributed by atoms with E-state index in [1.54, 1.807) is 17.7 Å². The predicted molar refractivity (Wildman–Crippen MR) is 77.9 cm³/mol. The summed E-state index contributed by atoms with van der Waals surface area (Å²) in [5, 5.41) is 4.29. The van der Waals surface area contributed by atoms with Gasteiger partial charge in [0, 0.05) is 4.88 Å². The van der Waals surface area contributed by atoms with Crippen LogP contribution in [-0.2, 0) is 6.42 Å². The molecule has 5 heteroatoms. The first-order valence-electron chi connectivity index (χ1n) is 6.84. The lowest BCUT2D eigenvalue weighted by molar-refractivity contribution is 0.0631. The van der Waals surface area contributed by atoms with Crippen molar-refractivity contribution >= 4 is 21.6 Å². The maximum absolute atomic E-state index is 6.03. The molecule has 0 saturated heterocycles. The highest BCUT2D eigenvalue weighted by molar-refractivity contribution is 7.18. The number of aryl methyl sites for hydroxylation is 1. The summed E-state index contributed by atoms with van der Waals surface area (Å²) in [5.74, 6) is 1.51. The summed E-state index contributed by atoms with van der Waals surface area (Å²) in [4.78, 5) is 11.0. The fraction of sp³-hybridized carbons (Fsp3) is 0.571. The molecule has 0 spiro atoms. The summed E-state index contributed by atoms with van der Waals surface area (Å²) in [6, 6.07) is 2.17. The van der Waals surface area contributed by atoms with Crippen molar-refractivity contribution in [2.24, 2.45) is 5.92 Å². The first-order chi connectivity index (χ1) is 9.30. The largest absolute Gasteiger partial charge is 0.474 e. The van der Waals surface area contributed by atoms with E-state index in [-0.39, 0.29) is 0 Å². The average Bonchev–Trinajstić information content (AvgIpc) is 2.80. The molecule has 2 aromatic rings. The van der Waals surface area contributed by atoms with Crippen LogP contribution in [0.1, 0.15) is 24.6 Å². The van der Waals surface area contributed by atoms with Crippen molar-refractivity contribution in [3.8, 4) is 5.88 Å². The zero-order valence-electron chi connectivity index (χ0n) is 11.3. The number of ether oxygens (including phenoxy) is 1. The lowest BCUT2D eigenvalue weighted by Crippen LogP contribution is -2.38. The van der Waals surface area contributed by atoms with Crippen molar-refractivity contribution < 1.29 is 4.74 Å². The van der Waals surface area contributed by atoms with Gasteiger partial charge in [-0.3, -0.25) is 0 Å². The number of nitrogens with one attached hydrogen (secondary N) is 1. The van der Waals surface area contributed by atoms with Crippen molar-refractivity contribution in [1.82, 2.24) is 15.3 Å². The minimum atomic E-state index is 0.321. The molecule has 4 nitrogen and oxygen atoms in total. The fourth-order valence-corrected chi connectivity index (χ4v) is 3.46. The molecule has 1 saturated carbocycles. The maximum Gasteiger partial charge on any atom is 0.225 e. The van der Waals surface area contributed by atoms with Gasteiger partial charge in [-0.2, -0.15) is 0 Å². The lowest BCUT2D eigenvalue weighted by Gasteiger charge is -2.34. The smallest absolute Gasteiger partial charge is 0.225 e. The Hall–Kier alpha value is -1.20. The molecular formula is C14H19N3OS. The molecule has 1 aliphatic carbocycles. The highest BCUT2D eigenvalue weighted by Crippen LogP contribution is 2.34. The number of hydrogen-bond donors (Lipinski definition) is 1. The van der Waals surface area contributed by atoms with Crippen LogP contribution in [0.3, 0.4) is 0 Å². The number of aromatic nitrogens is 2. The van der Waals surface area contributed by atoms with Crippen molar-refractivity contribution in [3.05, 3.63) is 17.3 Å². The van der Waals surface area contributed by atoms with Crippen LogP contribution in [-0.4, -0.2) is 29.7 Å². The van der Waals surface area contributed by atoms with Crippen molar-refractivity contribution in [3.63, 3.8) is 0 Å². The number of nitrogens with zero attached hydrogens (tertiary/aromatic N) is 2. The third-order valence-corrected chi connectivity index (χ3v) is 4.84. The zero-order valence-corrected chi connectivity index (χ0v) is 12.2. The zero-order chi connectivity index (χ0) is 13.2. The van der Waals surface area contributed by atoms with Crippen LogP contribution in [0.15, 0.2) is 12.4 Å². The molecule has 0 atom stereocenters. The van der Waals surface area contributed by atoms with E-state index in [2.05, 4.69) is 28.3 Å². The Bertz CT molecular complexity index is 563. The number of thiophene rings is 1. The van der Waals surface area contributed by atoms with E-state index in [9.17, 15) is 0 Å². The van der Waals surface area contributed by atoms with Crippen molar-refractivity contribution in [2.45, 2.75) is 32.3 Å². The van der Waals surface area contributed by atoms with Crippen molar-refractivity contribution in [2.75, 3.05) is 13.6 Å². The Morgan fingerprint density at radius 1 is 1.42 bits per heavy atom. The number of rotatable bonds is 5. The SMILES string of the molecule is CCc1cc2c(OC3CC(CNC)C3)ncnc2s1. The molecule has 1 fully saturated rings. The Balaban J connectivity index is 1.73. The summed E-state index contributed by atoms with van der Waals surface area (Å²) in [7, 11) is 2.00. The van der Waals surface area contributed by atoms with E-state index < -0.39 is 0 Å². The molecule has 2 aromatic heterocycles. The first kappa shape index (κ1) is 12.8. The predicted octanol–water partition coefficient (Wildman–Crippen LogP) is 2.63. The van der Waals surface area contributed by atoms with Crippen LogP contribution in [0.2, 0.25) is 0 Å². The number of fused-ring (bicyclic) bond motifs is 1. The van der Waals surface area contributed by atoms with Gasteiger partial charge in [0.2, 0.25) is 5.88 Å². The van der Waals surface area contributed by atoms with Crippen LogP contribution >= 0.6 is 11.3 Å². The summed E-state index contributed by atoms with van der Waals surface area (Å²) in [5.41, 5.74) is 0. The first-order valence-corrected chi connectivity index (χ1v) is 7.66. The highest BCUT2D eigenvalue weighted by Gasteiger charge is 2.31. The molecule has 19 heavy (non-hydrogen) atoms. The summed E-state index contributed by atoms with van der Waals surface area (Å²) >= 11 is 1.73. The monoisotopic (exact) mass is 277 g/mol. The minimum Gasteiger partial charge on any atom is -0.474 e. The van der Waals surface area contributed by atoms with Gasteiger partial charge in [0.05, 0.1) is 5.39 Å². The van der Waals surface area contributed by atoms with Crippen LogP contribution in [0.25, 0.3) is 10.2 Å². The van der Waals surface area contributed by atoms with Gasteiger partial charge < -0.3 is 10.1 Å². The molecule has 0 aliphatic heterocycles. The molecular weight excluding hydrogens is 258 g/mol. The van der Waals surface area contributed by atoms with Gasteiger partial charge in [-0.15, -0.1) is 11.3 Å². The second-order valence-corrected chi connectivity index (χ2v) is 6.21. The molecule has 1 aliphatic rings. The van der Waals surface area contributed by atoms with E-state index in [0.29, 0.717) is 6.10 Å². The molecule has 0 radical (unpaired) electrons. The molecule has 0 amide bonds. The van der Waals surface area contributed by atoms with Gasteiger partial charge >= 0.3 is 0 Å². The fourth-order valence-electron chi connectivity index (χ4n) is 2.54. The highest BCUT2D eigenvalue weighted by atomic mass is 32.1. The maximum atomic E-state index is 6.03. The normalized spacial score (nSPS) is 22.4. The Morgan fingerprint density at radius 3 is 3.00 bits per heavy atom. The second kappa shape index (κ2) is 5.43. The Kier molecular flexibility index (Phi) is 3.66. The molecule has 1 N–H and O–H groups in total. The summed E-state index contributed by atoms with van der Waals surface area (Å²) < 4.78 is 6.03. The third-order valence-electron chi connectivity index (χ3n) is 3.66. The van der Waals surface area contributed by atoms with E-state index in [4.69, 9.17) is 4.74 Å². The Morgan fingerprint density at radius 2 is 2.26 bits per heavy atom. The summed E-state index contributed by atoms with van der Waals surface area (Å²) in [6.45, 7) is 3.24. The summed E-state index contributed by atoms with van der Waals surface area (Å²) in [6.07, 6.45) is 5.21. The van der Waals surface area contributed by atoms with Gasteiger partial charge in [0.15, 0.2) is 0 Å². The molecule has 102 valence electrons. The minimum absolute atomic E-state index is 0.321. The van der Waals surface area contributed by atoms with E-state index in [1.807, 2.05) is 7.05 Å². The van der Waals surface area contributed by atoms with Crippen molar-refractivity contribution in [1.29, 1.82) is 0 Å². The van der Waals surface area contributed by atoms with Gasteiger partial charge in [-0.1, -0.05) is 6.92 Å². The Labute approximate surface area is 117 Å². The van der Waals surface area contributed by atoms with E-state index in [0.717, 1.165) is 47.8 Å². The van der Waals surface area contributed by atoms with Crippen LogP contribution in [0.5, 0.6) is 5.88 Å². The lowest BCUT2D eigenvalue weighted by atomic mass is 9.82. The van der Waals surface area contributed by atoms with Gasteiger partial charge in [-0.05, 0) is 44.8 Å². The van der Waals surface area contributed by atoms with Crippen LogP contribution < -0.4 is 10.1 Å². The molecule has 0 bridgehead atoms. The molecule has 0 aromatic carbocycles. The van der Waals surface area contributed by atoms with E-state index in [1.165, 1.54) is 4.88 Å². The average molecular weight is 277 g/mol. The quantitative estimate of drug-likeness (QED) is 0.912. The van der Waals surface area contributed by atoms with Gasteiger partial charge in [-0.25, -0.2) is 9.97 Å². The van der Waals surface area contributed by atoms with Gasteiger partial charge in [0.25, 0.3) is 0 Å². The van der Waals surface area contributed by atoms with E-state index >= 15 is 0 Å². The third kappa shape index (κ3) is 2.58. The van der Waals surface area contributed by atoms with Crippen LogP contribution in [0.4, 0.5) is 0 Å². The second-order valence-electron chi connectivity index (χ2n) is 5.10. The molecule has 2 heterocycles. The topological polar surface area (TPSA) is 47.0 Å². The standard InChI is InChI=1S/C14H19N3OS/c1-3-11-6-12-13(16-8-17-14(12)19-11)18-10-4-9(5-10)7-15-2/h6,8-10,15H,3-5,7H2,1-2H3.